The number of nitrogens with two attached hydrogens (primary N) is 1. The summed E-state index contributed by atoms with van der Waals surface area (Å²) in [6, 6.07) is 9.30. The van der Waals surface area contributed by atoms with Gasteiger partial charge >= 0.3 is 0 Å². The van der Waals surface area contributed by atoms with Gasteiger partial charge in [-0.2, -0.15) is 0 Å². The van der Waals surface area contributed by atoms with E-state index in [1.54, 1.807) is 0 Å². The first-order valence-electron chi connectivity index (χ1n) is 6.81. The lowest BCUT2D eigenvalue weighted by Crippen LogP contribution is -2.48. The monoisotopic (exact) mass is 248 g/mol. The first-order valence-corrected chi connectivity index (χ1v) is 6.81. The fourth-order valence-electron chi connectivity index (χ4n) is 2.36. The van der Waals surface area contributed by atoms with Gasteiger partial charge in [-0.05, 0) is 17.0 Å². The normalized spacial score (nSPS) is 21.4. The van der Waals surface area contributed by atoms with Crippen molar-refractivity contribution in [3.05, 3.63) is 35.4 Å². The molecule has 0 aliphatic carbocycles. The lowest BCUT2D eigenvalue weighted by Gasteiger charge is -2.34. The Morgan fingerprint density at radius 2 is 2.06 bits per heavy atom. The molecule has 0 saturated carbocycles. The molecule has 2 rings (SSSR count). The molecule has 1 aromatic carbocycles. The van der Waals surface area contributed by atoms with E-state index in [0.29, 0.717) is 18.5 Å². The van der Waals surface area contributed by atoms with Crippen molar-refractivity contribution in [2.24, 2.45) is 5.73 Å². The summed E-state index contributed by atoms with van der Waals surface area (Å²) in [6.07, 6.45) is 0. The highest BCUT2D eigenvalue weighted by Crippen LogP contribution is 2.17. The van der Waals surface area contributed by atoms with Crippen molar-refractivity contribution in [1.29, 1.82) is 0 Å². The SMILES string of the molecule is CC(C)c1ccc(CN2CCOCC2CN)cc1. The van der Waals surface area contributed by atoms with Crippen LogP contribution in [0.2, 0.25) is 0 Å². The maximum Gasteiger partial charge on any atom is 0.0634 e. The van der Waals surface area contributed by atoms with Crippen LogP contribution in [0.1, 0.15) is 30.9 Å². The molecule has 1 aromatic rings. The Labute approximate surface area is 110 Å². The molecule has 0 spiro atoms. The summed E-state index contributed by atoms with van der Waals surface area (Å²) < 4.78 is 5.47. The van der Waals surface area contributed by atoms with Gasteiger partial charge in [0.15, 0.2) is 0 Å². The number of morpholine rings is 1. The maximum absolute atomic E-state index is 5.79. The number of benzene rings is 1. The van der Waals surface area contributed by atoms with E-state index in [-0.39, 0.29) is 0 Å². The van der Waals surface area contributed by atoms with Crippen molar-refractivity contribution in [3.63, 3.8) is 0 Å². The van der Waals surface area contributed by atoms with Crippen molar-refractivity contribution in [2.75, 3.05) is 26.3 Å². The molecule has 18 heavy (non-hydrogen) atoms. The molecule has 2 N–H and O–H groups in total. The summed E-state index contributed by atoms with van der Waals surface area (Å²) in [7, 11) is 0. The van der Waals surface area contributed by atoms with Gasteiger partial charge in [0.25, 0.3) is 0 Å². The fraction of sp³-hybridized carbons (Fsp3) is 0.600. The van der Waals surface area contributed by atoms with Crippen LogP contribution in [0.5, 0.6) is 0 Å². The summed E-state index contributed by atoms with van der Waals surface area (Å²) in [4.78, 5) is 2.42. The van der Waals surface area contributed by atoms with Gasteiger partial charge in [0.05, 0.1) is 13.2 Å². The zero-order valence-electron chi connectivity index (χ0n) is 11.4. The molecule has 1 aliphatic rings. The van der Waals surface area contributed by atoms with Crippen LogP contribution >= 0.6 is 0 Å². The topological polar surface area (TPSA) is 38.5 Å². The molecule has 0 aromatic heterocycles. The van der Waals surface area contributed by atoms with Crippen molar-refractivity contribution in [1.82, 2.24) is 4.90 Å². The molecule has 0 radical (unpaired) electrons. The fourth-order valence-corrected chi connectivity index (χ4v) is 2.36. The number of hydrogen-bond acceptors (Lipinski definition) is 3. The number of ether oxygens (including phenoxy) is 1. The van der Waals surface area contributed by atoms with Crippen LogP contribution in [0.3, 0.4) is 0 Å². The predicted molar refractivity (Wildman–Crippen MR) is 74.6 cm³/mol. The molecule has 100 valence electrons. The molecule has 1 unspecified atom stereocenters. The average Bonchev–Trinajstić information content (AvgIpc) is 2.40. The van der Waals surface area contributed by atoms with E-state index < -0.39 is 0 Å². The van der Waals surface area contributed by atoms with Crippen LogP contribution in [0.15, 0.2) is 24.3 Å². The third-order valence-corrected chi connectivity index (χ3v) is 3.65. The van der Waals surface area contributed by atoms with Gasteiger partial charge in [0.1, 0.15) is 0 Å². The van der Waals surface area contributed by atoms with Crippen LogP contribution in [-0.4, -0.2) is 37.2 Å². The van der Waals surface area contributed by atoms with Gasteiger partial charge in [0, 0.05) is 25.7 Å². The smallest absolute Gasteiger partial charge is 0.0634 e. The van der Waals surface area contributed by atoms with E-state index in [9.17, 15) is 0 Å². The summed E-state index contributed by atoms with van der Waals surface area (Å²) >= 11 is 0. The van der Waals surface area contributed by atoms with Crippen LogP contribution in [0, 0.1) is 0 Å². The maximum atomic E-state index is 5.79. The third kappa shape index (κ3) is 3.31. The van der Waals surface area contributed by atoms with Crippen LogP contribution in [-0.2, 0) is 11.3 Å². The minimum Gasteiger partial charge on any atom is -0.378 e. The molecule has 1 atom stereocenters. The lowest BCUT2D eigenvalue weighted by molar-refractivity contribution is -0.00792. The molecular formula is C15H24N2O. The third-order valence-electron chi connectivity index (χ3n) is 3.65. The molecular weight excluding hydrogens is 224 g/mol. The molecule has 1 fully saturated rings. The van der Waals surface area contributed by atoms with Gasteiger partial charge in [-0.25, -0.2) is 0 Å². The summed E-state index contributed by atoms with van der Waals surface area (Å²) in [5, 5.41) is 0. The minimum atomic E-state index is 0.364. The second-order valence-corrected chi connectivity index (χ2v) is 5.33. The summed E-state index contributed by atoms with van der Waals surface area (Å²) in [5.74, 6) is 0.597. The number of rotatable bonds is 4. The standard InChI is InChI=1S/C15H24N2O/c1-12(2)14-5-3-13(4-6-14)10-17-7-8-18-11-15(17)9-16/h3-6,12,15H,7-11,16H2,1-2H3. The predicted octanol–water partition coefficient (Wildman–Crippen LogP) is 1.97. The zero-order valence-corrected chi connectivity index (χ0v) is 11.4. The Morgan fingerprint density at radius 3 is 2.67 bits per heavy atom. The van der Waals surface area contributed by atoms with Crippen LogP contribution < -0.4 is 5.73 Å². The van der Waals surface area contributed by atoms with E-state index in [4.69, 9.17) is 10.5 Å². The van der Waals surface area contributed by atoms with Crippen LogP contribution in [0.25, 0.3) is 0 Å². The molecule has 1 saturated heterocycles. The van der Waals surface area contributed by atoms with E-state index >= 15 is 0 Å². The molecule has 3 heteroatoms. The average molecular weight is 248 g/mol. The van der Waals surface area contributed by atoms with Crippen molar-refractivity contribution < 1.29 is 4.74 Å². The Bertz CT molecular complexity index is 361. The van der Waals surface area contributed by atoms with Gasteiger partial charge in [-0.15, -0.1) is 0 Å². The Morgan fingerprint density at radius 1 is 1.33 bits per heavy atom. The number of nitrogens with zero attached hydrogens (tertiary/aromatic N) is 1. The quantitative estimate of drug-likeness (QED) is 0.885. The first-order chi connectivity index (χ1) is 8.70. The van der Waals surface area contributed by atoms with E-state index in [2.05, 4.69) is 43.0 Å². The first kappa shape index (κ1) is 13.5. The molecule has 0 amide bonds. The van der Waals surface area contributed by atoms with Crippen molar-refractivity contribution >= 4 is 0 Å². The molecule has 1 aliphatic heterocycles. The molecule has 1 heterocycles. The van der Waals surface area contributed by atoms with Gasteiger partial charge < -0.3 is 10.5 Å². The van der Waals surface area contributed by atoms with Crippen LogP contribution in [0.4, 0.5) is 0 Å². The lowest BCUT2D eigenvalue weighted by atomic mass is 10.0. The second kappa shape index (κ2) is 6.32. The largest absolute Gasteiger partial charge is 0.378 e. The molecule has 3 nitrogen and oxygen atoms in total. The summed E-state index contributed by atoms with van der Waals surface area (Å²) in [6.45, 7) is 8.66. The number of hydrogen-bond donors (Lipinski definition) is 1. The van der Waals surface area contributed by atoms with Gasteiger partial charge in [-0.1, -0.05) is 38.1 Å². The molecule has 0 bridgehead atoms. The van der Waals surface area contributed by atoms with Gasteiger partial charge in [0.2, 0.25) is 0 Å². The summed E-state index contributed by atoms with van der Waals surface area (Å²) in [5.41, 5.74) is 8.55. The van der Waals surface area contributed by atoms with E-state index in [1.165, 1.54) is 11.1 Å². The van der Waals surface area contributed by atoms with E-state index in [1.807, 2.05) is 0 Å². The Kier molecular flexibility index (Phi) is 4.75. The zero-order chi connectivity index (χ0) is 13.0. The highest BCUT2D eigenvalue weighted by atomic mass is 16.5. The minimum absolute atomic E-state index is 0.364. The van der Waals surface area contributed by atoms with Crippen molar-refractivity contribution in [2.45, 2.75) is 32.4 Å². The highest BCUT2D eigenvalue weighted by Gasteiger charge is 2.21. The highest BCUT2D eigenvalue weighted by molar-refractivity contribution is 5.24. The van der Waals surface area contributed by atoms with Gasteiger partial charge in [-0.3, -0.25) is 4.90 Å². The Balaban J connectivity index is 1.99. The Hall–Kier alpha value is -0.900. The van der Waals surface area contributed by atoms with E-state index in [0.717, 1.165) is 26.3 Å². The second-order valence-electron chi connectivity index (χ2n) is 5.33. The van der Waals surface area contributed by atoms with Crippen molar-refractivity contribution in [3.8, 4) is 0 Å².